The maximum absolute atomic E-state index is 14.6. The van der Waals surface area contributed by atoms with Crippen LogP contribution in [0.3, 0.4) is 0 Å². The number of aryl methyl sites for hydroxylation is 1. The number of hydrogen-bond donors (Lipinski definition) is 2. The molecule has 0 bridgehead atoms. The maximum atomic E-state index is 14.6. The predicted molar refractivity (Wildman–Crippen MR) is 110 cm³/mol. The molecule has 1 aliphatic rings. The number of halogens is 2. The summed E-state index contributed by atoms with van der Waals surface area (Å²) in [4.78, 5) is 4.78. The highest BCUT2D eigenvalue weighted by molar-refractivity contribution is 6.31. The van der Waals surface area contributed by atoms with Crippen LogP contribution in [0.25, 0.3) is 0 Å². The first kappa shape index (κ1) is 18.7. The number of para-hydroxylation sites is 1. The second kappa shape index (κ2) is 7.74. The third kappa shape index (κ3) is 3.66. The summed E-state index contributed by atoms with van der Waals surface area (Å²) >= 11 is 6.30. The van der Waals surface area contributed by atoms with Crippen LogP contribution in [0.1, 0.15) is 40.9 Å². The average Bonchev–Trinajstić information content (AvgIpc) is 2.68. The van der Waals surface area contributed by atoms with Gasteiger partial charge in [0.1, 0.15) is 17.7 Å². The van der Waals surface area contributed by atoms with Crippen LogP contribution in [0, 0.1) is 12.7 Å². The van der Waals surface area contributed by atoms with Crippen LogP contribution in [0.2, 0.25) is 5.02 Å². The second-order valence-corrected chi connectivity index (χ2v) is 7.37. The zero-order valence-corrected chi connectivity index (χ0v) is 16.1. The Bertz CT molecular complexity index is 1010. The Labute approximate surface area is 168 Å². The van der Waals surface area contributed by atoms with Crippen molar-refractivity contribution in [2.24, 2.45) is 4.99 Å². The quantitative estimate of drug-likeness (QED) is 0.597. The lowest BCUT2D eigenvalue weighted by molar-refractivity contribution is 0.405. The molecule has 0 saturated heterocycles. The van der Waals surface area contributed by atoms with Gasteiger partial charge in [0.15, 0.2) is 0 Å². The summed E-state index contributed by atoms with van der Waals surface area (Å²) in [6, 6.07) is 19.7. The smallest absolute Gasteiger partial charge is 0.131 e. The summed E-state index contributed by atoms with van der Waals surface area (Å²) < 4.78 is 14.6. The molecule has 1 aliphatic heterocycles. The molecular weight excluding hydrogens is 375 g/mol. The van der Waals surface area contributed by atoms with E-state index in [1.165, 1.54) is 6.07 Å². The van der Waals surface area contributed by atoms with Crippen molar-refractivity contribution in [2.45, 2.75) is 25.6 Å². The fourth-order valence-electron chi connectivity index (χ4n) is 3.53. The molecule has 3 aromatic carbocycles. The van der Waals surface area contributed by atoms with Gasteiger partial charge in [0.2, 0.25) is 0 Å². The molecule has 0 spiro atoms. The average molecular weight is 395 g/mol. The van der Waals surface area contributed by atoms with Crippen LogP contribution in [-0.4, -0.2) is 10.8 Å². The minimum absolute atomic E-state index is 0.198. The van der Waals surface area contributed by atoms with E-state index >= 15 is 0 Å². The summed E-state index contributed by atoms with van der Waals surface area (Å²) in [5.74, 6) is -0.210. The standard InChI is InChI=1S/C23H20ClFN2O/c1-14-9-11-15(12-10-14)19-13-20(16-5-2-3-8-21(16)28)27-23(26-19)22-17(24)6-4-7-18(22)25/h2-12,20,23,27-28H,13H2,1H3. The summed E-state index contributed by atoms with van der Waals surface area (Å²) in [7, 11) is 0. The molecule has 0 fully saturated rings. The van der Waals surface area contributed by atoms with Gasteiger partial charge in [-0.3, -0.25) is 10.3 Å². The topological polar surface area (TPSA) is 44.6 Å². The fraction of sp³-hybridized carbons (Fsp3) is 0.174. The van der Waals surface area contributed by atoms with Crippen molar-refractivity contribution in [3.8, 4) is 5.75 Å². The molecule has 2 N–H and O–H groups in total. The first-order chi connectivity index (χ1) is 13.5. The number of aliphatic imine (C=N–C) groups is 1. The fourth-order valence-corrected chi connectivity index (χ4v) is 3.80. The Balaban J connectivity index is 1.81. The van der Waals surface area contributed by atoms with Crippen LogP contribution >= 0.6 is 11.6 Å². The van der Waals surface area contributed by atoms with E-state index in [0.717, 1.165) is 22.4 Å². The molecular formula is C23H20ClFN2O. The van der Waals surface area contributed by atoms with Gasteiger partial charge in [0.05, 0.1) is 5.02 Å². The van der Waals surface area contributed by atoms with E-state index in [9.17, 15) is 9.50 Å². The molecule has 3 nitrogen and oxygen atoms in total. The van der Waals surface area contributed by atoms with Crippen LogP contribution in [0.4, 0.5) is 4.39 Å². The molecule has 2 unspecified atom stereocenters. The summed E-state index contributed by atoms with van der Waals surface area (Å²) in [6.45, 7) is 2.03. The summed E-state index contributed by atoms with van der Waals surface area (Å²) in [5.41, 5.74) is 4.04. The van der Waals surface area contributed by atoms with Crippen molar-refractivity contribution < 1.29 is 9.50 Å². The number of hydrogen-bond acceptors (Lipinski definition) is 3. The molecule has 5 heteroatoms. The molecule has 142 valence electrons. The number of phenolic OH excluding ortho intramolecular Hbond substituents is 1. The first-order valence-corrected chi connectivity index (χ1v) is 9.52. The lowest BCUT2D eigenvalue weighted by Gasteiger charge is -2.31. The molecule has 3 aromatic rings. The van der Waals surface area contributed by atoms with E-state index < -0.39 is 12.0 Å². The van der Waals surface area contributed by atoms with E-state index in [2.05, 4.69) is 5.32 Å². The Morgan fingerprint density at radius 2 is 1.79 bits per heavy atom. The normalized spacial score (nSPS) is 19.3. The van der Waals surface area contributed by atoms with Gasteiger partial charge in [-0.05, 0) is 30.7 Å². The van der Waals surface area contributed by atoms with Crippen LogP contribution < -0.4 is 5.32 Å². The third-order valence-corrected chi connectivity index (χ3v) is 5.34. The van der Waals surface area contributed by atoms with Crippen LogP contribution in [0.15, 0.2) is 71.7 Å². The van der Waals surface area contributed by atoms with Crippen molar-refractivity contribution in [3.05, 3.63) is 99.8 Å². The van der Waals surface area contributed by atoms with E-state index in [-0.39, 0.29) is 11.8 Å². The molecule has 0 aliphatic carbocycles. The van der Waals surface area contributed by atoms with Gasteiger partial charge in [-0.15, -0.1) is 0 Å². The molecule has 4 rings (SSSR count). The van der Waals surface area contributed by atoms with E-state index in [1.807, 2.05) is 43.3 Å². The van der Waals surface area contributed by atoms with E-state index in [1.54, 1.807) is 24.3 Å². The zero-order chi connectivity index (χ0) is 19.7. The Kier molecular flexibility index (Phi) is 5.16. The maximum Gasteiger partial charge on any atom is 0.131 e. The number of nitrogens with one attached hydrogen (secondary N) is 1. The Morgan fingerprint density at radius 1 is 1.04 bits per heavy atom. The summed E-state index contributed by atoms with van der Waals surface area (Å²) in [6.07, 6.45) is -0.0770. The van der Waals surface area contributed by atoms with Crippen molar-refractivity contribution >= 4 is 17.3 Å². The molecule has 0 radical (unpaired) electrons. The lowest BCUT2D eigenvalue weighted by Crippen LogP contribution is -2.33. The molecule has 2 atom stereocenters. The van der Waals surface area contributed by atoms with Gasteiger partial charge in [-0.2, -0.15) is 0 Å². The SMILES string of the molecule is Cc1ccc(C2=NC(c3c(F)cccc3Cl)NC(c3ccccc3O)C2)cc1. The molecule has 0 amide bonds. The molecule has 28 heavy (non-hydrogen) atoms. The van der Waals surface area contributed by atoms with Crippen LogP contribution in [0.5, 0.6) is 5.75 Å². The van der Waals surface area contributed by atoms with Crippen molar-refractivity contribution in [2.75, 3.05) is 0 Å². The van der Waals surface area contributed by atoms with Gasteiger partial charge in [-0.1, -0.05) is 65.7 Å². The number of aromatic hydroxyl groups is 1. The van der Waals surface area contributed by atoms with Crippen LogP contribution in [-0.2, 0) is 0 Å². The highest BCUT2D eigenvalue weighted by atomic mass is 35.5. The number of benzene rings is 3. The molecule has 0 aromatic heterocycles. The van der Waals surface area contributed by atoms with Crippen molar-refractivity contribution in [3.63, 3.8) is 0 Å². The van der Waals surface area contributed by atoms with Crippen molar-refractivity contribution in [1.82, 2.24) is 5.32 Å². The number of rotatable bonds is 3. The number of phenols is 1. The zero-order valence-electron chi connectivity index (χ0n) is 15.4. The van der Waals surface area contributed by atoms with Gasteiger partial charge in [0, 0.05) is 29.3 Å². The number of nitrogens with zero attached hydrogens (tertiary/aromatic N) is 1. The van der Waals surface area contributed by atoms with E-state index in [0.29, 0.717) is 17.0 Å². The third-order valence-electron chi connectivity index (χ3n) is 5.01. The van der Waals surface area contributed by atoms with Gasteiger partial charge in [-0.25, -0.2) is 4.39 Å². The molecule has 0 saturated carbocycles. The lowest BCUT2D eigenvalue weighted by atomic mass is 9.93. The van der Waals surface area contributed by atoms with Gasteiger partial charge < -0.3 is 5.11 Å². The monoisotopic (exact) mass is 394 g/mol. The minimum Gasteiger partial charge on any atom is -0.508 e. The first-order valence-electron chi connectivity index (χ1n) is 9.14. The molecule has 1 heterocycles. The highest BCUT2D eigenvalue weighted by Gasteiger charge is 2.30. The predicted octanol–water partition coefficient (Wildman–Crippen LogP) is 5.72. The minimum atomic E-state index is -0.650. The van der Waals surface area contributed by atoms with Gasteiger partial charge >= 0.3 is 0 Å². The highest BCUT2D eigenvalue weighted by Crippen LogP contribution is 2.36. The second-order valence-electron chi connectivity index (χ2n) is 6.96. The largest absolute Gasteiger partial charge is 0.508 e. The van der Waals surface area contributed by atoms with Gasteiger partial charge in [0.25, 0.3) is 0 Å². The Morgan fingerprint density at radius 3 is 2.50 bits per heavy atom. The van der Waals surface area contributed by atoms with Crippen molar-refractivity contribution in [1.29, 1.82) is 0 Å². The summed E-state index contributed by atoms with van der Waals surface area (Å²) in [5, 5.41) is 14.0. The Hall–Kier alpha value is -2.69. The van der Waals surface area contributed by atoms with E-state index in [4.69, 9.17) is 16.6 Å².